The van der Waals surface area contributed by atoms with Crippen molar-refractivity contribution < 1.29 is 20.1 Å². The van der Waals surface area contributed by atoms with Crippen LogP contribution in [0.2, 0.25) is 0 Å². The molecular formula is C6H12O4S. The van der Waals surface area contributed by atoms with Crippen LogP contribution in [0, 0.1) is 0 Å². The Hall–Kier alpha value is 0.190. The third-order valence-electron chi connectivity index (χ3n) is 1.73. The zero-order valence-electron chi connectivity index (χ0n) is 5.92. The van der Waals surface area contributed by atoms with Gasteiger partial charge in [-0.3, -0.25) is 0 Å². The van der Waals surface area contributed by atoms with Gasteiger partial charge in [-0.25, -0.2) is 0 Å². The van der Waals surface area contributed by atoms with Crippen LogP contribution in [0.15, 0.2) is 0 Å². The standard InChI is InChI=1S/C6H12O4S/c7-3-1-5(8)10-4(2-11)6(3)9/h3-9,11H,1-2H2/t3-,4-,5+,6-/m1/s1. The lowest BCUT2D eigenvalue weighted by Gasteiger charge is -2.33. The fourth-order valence-corrected chi connectivity index (χ4v) is 1.38. The van der Waals surface area contributed by atoms with Crippen LogP contribution in [0.25, 0.3) is 0 Å². The molecule has 4 atom stereocenters. The molecule has 3 N–H and O–H groups in total. The Balaban J connectivity index is 2.51. The number of aliphatic hydroxyl groups is 3. The quantitative estimate of drug-likeness (QED) is 0.380. The summed E-state index contributed by atoms with van der Waals surface area (Å²) >= 11 is 3.90. The molecule has 0 aliphatic carbocycles. The van der Waals surface area contributed by atoms with E-state index in [1.807, 2.05) is 0 Å². The van der Waals surface area contributed by atoms with E-state index in [0.29, 0.717) is 0 Å². The average Bonchev–Trinajstić information content (AvgIpc) is 1.96. The summed E-state index contributed by atoms with van der Waals surface area (Å²) in [5.41, 5.74) is 0. The van der Waals surface area contributed by atoms with Crippen LogP contribution in [0.1, 0.15) is 6.42 Å². The van der Waals surface area contributed by atoms with Crippen LogP contribution in [-0.2, 0) is 4.74 Å². The Kier molecular flexibility index (Phi) is 3.15. The fraction of sp³-hybridized carbons (Fsp3) is 1.00. The van der Waals surface area contributed by atoms with Gasteiger partial charge in [-0.2, -0.15) is 12.6 Å². The Morgan fingerprint density at radius 3 is 2.55 bits per heavy atom. The van der Waals surface area contributed by atoms with E-state index in [0.717, 1.165) is 0 Å². The summed E-state index contributed by atoms with van der Waals surface area (Å²) in [6.07, 6.45) is -3.33. The summed E-state index contributed by atoms with van der Waals surface area (Å²) in [4.78, 5) is 0. The Labute approximate surface area is 70.2 Å². The zero-order valence-corrected chi connectivity index (χ0v) is 6.82. The Morgan fingerprint density at radius 1 is 1.36 bits per heavy atom. The first-order valence-electron chi connectivity index (χ1n) is 3.45. The SMILES string of the molecule is O[C@@H]1[C@H](O)C[C@@H](O)O[C@@H]1CS. The van der Waals surface area contributed by atoms with Crippen LogP contribution < -0.4 is 0 Å². The van der Waals surface area contributed by atoms with Crippen molar-refractivity contribution in [2.75, 3.05) is 5.75 Å². The first-order valence-corrected chi connectivity index (χ1v) is 4.09. The van der Waals surface area contributed by atoms with E-state index in [1.165, 1.54) is 0 Å². The van der Waals surface area contributed by atoms with E-state index in [9.17, 15) is 5.11 Å². The second kappa shape index (κ2) is 3.73. The molecule has 0 spiro atoms. The summed E-state index contributed by atoms with van der Waals surface area (Å²) in [6.45, 7) is 0. The summed E-state index contributed by atoms with van der Waals surface area (Å²) in [5.74, 6) is 0.287. The van der Waals surface area contributed by atoms with Gasteiger partial charge in [-0.15, -0.1) is 0 Å². The molecule has 0 radical (unpaired) electrons. The highest BCUT2D eigenvalue weighted by Crippen LogP contribution is 2.19. The molecule has 0 aromatic rings. The fourth-order valence-electron chi connectivity index (χ4n) is 1.08. The van der Waals surface area contributed by atoms with Crippen molar-refractivity contribution in [3.05, 3.63) is 0 Å². The molecule has 1 heterocycles. The Bertz CT molecular complexity index is 132. The predicted octanol–water partition coefficient (Wildman–Crippen LogP) is -1.25. The van der Waals surface area contributed by atoms with Gasteiger partial charge in [0.1, 0.15) is 6.10 Å². The molecule has 1 fully saturated rings. The van der Waals surface area contributed by atoms with E-state index < -0.39 is 24.6 Å². The topological polar surface area (TPSA) is 69.9 Å². The number of hydrogen-bond acceptors (Lipinski definition) is 5. The van der Waals surface area contributed by atoms with Gasteiger partial charge in [0.15, 0.2) is 6.29 Å². The molecule has 0 bridgehead atoms. The third kappa shape index (κ3) is 2.07. The minimum atomic E-state index is -0.981. The average molecular weight is 180 g/mol. The van der Waals surface area contributed by atoms with E-state index in [4.69, 9.17) is 14.9 Å². The van der Waals surface area contributed by atoms with Gasteiger partial charge in [0.05, 0.1) is 12.2 Å². The molecule has 4 nitrogen and oxygen atoms in total. The highest BCUT2D eigenvalue weighted by molar-refractivity contribution is 7.80. The molecule has 0 aromatic heterocycles. The molecule has 1 rings (SSSR count). The minimum absolute atomic E-state index is 0.0610. The lowest BCUT2D eigenvalue weighted by molar-refractivity contribution is -0.225. The molecule has 0 amide bonds. The van der Waals surface area contributed by atoms with Crippen LogP contribution in [0.4, 0.5) is 0 Å². The molecule has 0 aromatic carbocycles. The summed E-state index contributed by atoms with van der Waals surface area (Å²) < 4.78 is 4.89. The first-order chi connectivity index (χ1) is 5.15. The molecular weight excluding hydrogens is 168 g/mol. The maximum Gasteiger partial charge on any atom is 0.157 e. The number of hydrogen-bond donors (Lipinski definition) is 4. The molecule has 1 saturated heterocycles. The van der Waals surface area contributed by atoms with E-state index in [1.54, 1.807) is 0 Å². The molecule has 5 heteroatoms. The van der Waals surface area contributed by atoms with Gasteiger partial charge < -0.3 is 20.1 Å². The van der Waals surface area contributed by atoms with Crippen LogP contribution in [0.5, 0.6) is 0 Å². The second-order valence-corrected chi connectivity index (χ2v) is 2.97. The molecule has 1 aliphatic rings. The van der Waals surface area contributed by atoms with Crippen molar-refractivity contribution in [2.24, 2.45) is 0 Å². The first kappa shape index (κ1) is 9.28. The minimum Gasteiger partial charge on any atom is -0.390 e. The van der Waals surface area contributed by atoms with Gasteiger partial charge >= 0.3 is 0 Å². The van der Waals surface area contributed by atoms with E-state index in [2.05, 4.69) is 12.6 Å². The Morgan fingerprint density at radius 2 is 2.00 bits per heavy atom. The van der Waals surface area contributed by atoms with Crippen LogP contribution in [0.3, 0.4) is 0 Å². The van der Waals surface area contributed by atoms with Crippen LogP contribution in [-0.4, -0.2) is 45.7 Å². The smallest absolute Gasteiger partial charge is 0.157 e. The predicted molar refractivity (Wildman–Crippen MR) is 41.4 cm³/mol. The van der Waals surface area contributed by atoms with Gasteiger partial charge in [-0.1, -0.05) is 0 Å². The van der Waals surface area contributed by atoms with Crippen LogP contribution >= 0.6 is 12.6 Å². The number of rotatable bonds is 1. The van der Waals surface area contributed by atoms with E-state index >= 15 is 0 Å². The maximum absolute atomic E-state index is 9.22. The van der Waals surface area contributed by atoms with Crippen molar-refractivity contribution in [1.82, 2.24) is 0 Å². The summed E-state index contributed by atoms with van der Waals surface area (Å²) in [6, 6.07) is 0. The van der Waals surface area contributed by atoms with Crippen molar-refractivity contribution in [3.8, 4) is 0 Å². The second-order valence-electron chi connectivity index (χ2n) is 2.61. The monoisotopic (exact) mass is 180 g/mol. The largest absolute Gasteiger partial charge is 0.390 e. The summed E-state index contributed by atoms with van der Waals surface area (Å²) in [5, 5.41) is 27.3. The van der Waals surface area contributed by atoms with Crippen molar-refractivity contribution in [3.63, 3.8) is 0 Å². The third-order valence-corrected chi connectivity index (χ3v) is 2.09. The lowest BCUT2D eigenvalue weighted by atomic mass is 10.0. The molecule has 11 heavy (non-hydrogen) atoms. The van der Waals surface area contributed by atoms with Crippen molar-refractivity contribution in [2.45, 2.75) is 31.0 Å². The lowest BCUT2D eigenvalue weighted by Crippen LogP contribution is -2.49. The number of thiol groups is 1. The van der Waals surface area contributed by atoms with Gasteiger partial charge in [0.2, 0.25) is 0 Å². The highest BCUT2D eigenvalue weighted by Gasteiger charge is 2.34. The zero-order chi connectivity index (χ0) is 8.43. The normalized spacial score (nSPS) is 45.8. The van der Waals surface area contributed by atoms with Crippen molar-refractivity contribution >= 4 is 12.6 Å². The molecule has 0 unspecified atom stereocenters. The van der Waals surface area contributed by atoms with E-state index in [-0.39, 0.29) is 12.2 Å². The molecule has 0 saturated carbocycles. The van der Waals surface area contributed by atoms with Gasteiger partial charge in [0.25, 0.3) is 0 Å². The maximum atomic E-state index is 9.22. The molecule has 1 aliphatic heterocycles. The molecule has 66 valence electrons. The number of aliphatic hydroxyl groups excluding tert-OH is 3. The van der Waals surface area contributed by atoms with Gasteiger partial charge in [-0.05, 0) is 0 Å². The van der Waals surface area contributed by atoms with Gasteiger partial charge in [0, 0.05) is 12.2 Å². The summed E-state index contributed by atoms with van der Waals surface area (Å²) in [7, 11) is 0. The number of ether oxygens (including phenoxy) is 1. The van der Waals surface area contributed by atoms with Crippen molar-refractivity contribution in [1.29, 1.82) is 0 Å². The highest BCUT2D eigenvalue weighted by atomic mass is 32.1.